The molecular weight excluding hydrogens is 336 g/mol. The summed E-state index contributed by atoms with van der Waals surface area (Å²) in [5.41, 5.74) is 1.09. The van der Waals surface area contributed by atoms with Crippen molar-refractivity contribution in [3.8, 4) is 5.75 Å². The summed E-state index contributed by atoms with van der Waals surface area (Å²) < 4.78 is 10.6. The minimum absolute atomic E-state index is 0.0300. The molecule has 1 aliphatic rings. The molecule has 2 rings (SSSR count). The van der Waals surface area contributed by atoms with Crippen LogP contribution < -0.4 is 20.7 Å². The van der Waals surface area contributed by atoms with Crippen LogP contribution in [0.1, 0.15) is 20.3 Å². The van der Waals surface area contributed by atoms with Gasteiger partial charge in [-0.3, -0.25) is 9.69 Å². The van der Waals surface area contributed by atoms with E-state index in [2.05, 4.69) is 20.9 Å². The van der Waals surface area contributed by atoms with Crippen molar-refractivity contribution in [2.45, 2.75) is 26.3 Å². The fraction of sp³-hybridized carbons (Fsp3) is 0.556. The van der Waals surface area contributed by atoms with Crippen LogP contribution in [0.5, 0.6) is 5.75 Å². The molecule has 0 unspecified atom stereocenters. The van der Waals surface area contributed by atoms with E-state index in [4.69, 9.17) is 9.47 Å². The largest absolute Gasteiger partial charge is 0.495 e. The highest BCUT2D eigenvalue weighted by Gasteiger charge is 2.14. The maximum Gasteiger partial charge on any atom is 0.319 e. The predicted molar refractivity (Wildman–Crippen MR) is 101 cm³/mol. The van der Waals surface area contributed by atoms with Gasteiger partial charge < -0.3 is 25.4 Å². The molecule has 8 heteroatoms. The Hall–Kier alpha value is -2.32. The van der Waals surface area contributed by atoms with Crippen LogP contribution in [-0.2, 0) is 9.53 Å². The van der Waals surface area contributed by atoms with E-state index < -0.39 is 0 Å². The number of ether oxygens (including phenoxy) is 2. The molecular formula is C18H28N4O4. The molecule has 0 aliphatic carbocycles. The van der Waals surface area contributed by atoms with Crippen LogP contribution in [-0.4, -0.2) is 62.8 Å². The molecule has 8 nitrogen and oxygen atoms in total. The molecule has 1 aromatic rings. The molecule has 1 atom stereocenters. The maximum atomic E-state index is 12.3. The van der Waals surface area contributed by atoms with Crippen LogP contribution in [0.4, 0.5) is 16.2 Å². The van der Waals surface area contributed by atoms with Crippen LogP contribution in [0, 0.1) is 0 Å². The van der Waals surface area contributed by atoms with Gasteiger partial charge >= 0.3 is 6.03 Å². The number of carbonyl (C=O) groups is 2. The minimum atomic E-state index is -0.308. The van der Waals surface area contributed by atoms with Gasteiger partial charge in [-0.05, 0) is 31.5 Å². The highest BCUT2D eigenvalue weighted by molar-refractivity contribution is 5.94. The van der Waals surface area contributed by atoms with Gasteiger partial charge in [0.2, 0.25) is 5.91 Å². The second kappa shape index (κ2) is 9.98. The molecule has 0 saturated carbocycles. The first-order valence-electron chi connectivity index (χ1n) is 8.81. The topological polar surface area (TPSA) is 91.9 Å². The zero-order chi connectivity index (χ0) is 18.9. The van der Waals surface area contributed by atoms with E-state index >= 15 is 0 Å². The van der Waals surface area contributed by atoms with Gasteiger partial charge in [-0.2, -0.15) is 0 Å². The third-order valence-electron chi connectivity index (χ3n) is 4.13. The summed E-state index contributed by atoms with van der Waals surface area (Å²) in [6, 6.07) is 4.80. The van der Waals surface area contributed by atoms with E-state index in [1.807, 2.05) is 6.92 Å². The average Bonchev–Trinajstić information content (AvgIpc) is 2.60. The SMILES string of the molecule is COc1ccc(NC(C)=O)cc1NC(=O)N[C@H](C)CCN1CCOCC1. The Bertz CT molecular complexity index is 617. The monoisotopic (exact) mass is 364 g/mol. The normalized spacial score (nSPS) is 15.8. The standard InChI is InChI=1S/C18H28N4O4/c1-13(6-7-22-8-10-26-11-9-22)19-18(24)21-16-12-15(20-14(2)23)4-5-17(16)25-3/h4-5,12-13H,6-11H2,1-3H3,(H,20,23)(H2,19,21,24)/t13-/m1/s1. The summed E-state index contributed by atoms with van der Waals surface area (Å²) in [7, 11) is 1.53. The van der Waals surface area contributed by atoms with Gasteiger partial charge in [0, 0.05) is 38.3 Å². The smallest absolute Gasteiger partial charge is 0.319 e. The van der Waals surface area contributed by atoms with E-state index in [0.29, 0.717) is 17.1 Å². The van der Waals surface area contributed by atoms with Gasteiger partial charge in [-0.15, -0.1) is 0 Å². The van der Waals surface area contributed by atoms with Crippen LogP contribution in [0.25, 0.3) is 0 Å². The number of benzene rings is 1. The third-order valence-corrected chi connectivity index (χ3v) is 4.13. The molecule has 26 heavy (non-hydrogen) atoms. The molecule has 3 amide bonds. The Balaban J connectivity index is 1.86. The molecule has 0 bridgehead atoms. The number of hydrogen-bond acceptors (Lipinski definition) is 5. The highest BCUT2D eigenvalue weighted by atomic mass is 16.5. The van der Waals surface area contributed by atoms with E-state index in [1.165, 1.54) is 14.0 Å². The summed E-state index contributed by atoms with van der Waals surface area (Å²) >= 11 is 0. The first-order chi connectivity index (χ1) is 12.5. The Labute approximate surface area is 154 Å². The molecule has 1 aromatic carbocycles. The van der Waals surface area contributed by atoms with Crippen molar-refractivity contribution in [1.82, 2.24) is 10.2 Å². The number of anilines is 2. The number of carbonyl (C=O) groups excluding carboxylic acids is 2. The second-order valence-corrected chi connectivity index (χ2v) is 6.34. The molecule has 1 fully saturated rings. The van der Waals surface area contributed by atoms with Gasteiger partial charge in [-0.1, -0.05) is 0 Å². The number of nitrogens with one attached hydrogen (secondary N) is 3. The lowest BCUT2D eigenvalue weighted by molar-refractivity contribution is -0.114. The van der Waals surface area contributed by atoms with Crippen molar-refractivity contribution in [2.24, 2.45) is 0 Å². The number of morpholine rings is 1. The quantitative estimate of drug-likeness (QED) is 0.687. The number of methoxy groups -OCH3 is 1. The Morgan fingerprint density at radius 1 is 1.27 bits per heavy atom. The Morgan fingerprint density at radius 2 is 2.00 bits per heavy atom. The van der Waals surface area contributed by atoms with Crippen molar-refractivity contribution >= 4 is 23.3 Å². The minimum Gasteiger partial charge on any atom is -0.495 e. The van der Waals surface area contributed by atoms with Crippen molar-refractivity contribution in [3.05, 3.63) is 18.2 Å². The van der Waals surface area contributed by atoms with Crippen molar-refractivity contribution in [1.29, 1.82) is 0 Å². The van der Waals surface area contributed by atoms with E-state index in [9.17, 15) is 9.59 Å². The average molecular weight is 364 g/mol. The molecule has 0 aromatic heterocycles. The van der Waals surface area contributed by atoms with Crippen LogP contribution >= 0.6 is 0 Å². The zero-order valence-electron chi connectivity index (χ0n) is 15.6. The van der Waals surface area contributed by atoms with Gasteiger partial charge in [0.25, 0.3) is 0 Å². The third kappa shape index (κ3) is 6.53. The zero-order valence-corrected chi connectivity index (χ0v) is 15.6. The highest BCUT2D eigenvalue weighted by Crippen LogP contribution is 2.27. The lowest BCUT2D eigenvalue weighted by Crippen LogP contribution is -2.41. The molecule has 1 saturated heterocycles. The van der Waals surface area contributed by atoms with E-state index in [1.54, 1.807) is 18.2 Å². The molecule has 144 valence electrons. The second-order valence-electron chi connectivity index (χ2n) is 6.34. The molecule has 1 heterocycles. The number of nitrogens with zero attached hydrogens (tertiary/aromatic N) is 1. The first-order valence-corrected chi connectivity index (χ1v) is 8.81. The lowest BCUT2D eigenvalue weighted by Gasteiger charge is -2.27. The summed E-state index contributed by atoms with van der Waals surface area (Å²) in [6.07, 6.45) is 0.858. The summed E-state index contributed by atoms with van der Waals surface area (Å²) in [5, 5.41) is 8.40. The fourth-order valence-electron chi connectivity index (χ4n) is 2.74. The number of rotatable bonds is 7. The van der Waals surface area contributed by atoms with Gasteiger partial charge in [0.05, 0.1) is 26.0 Å². The lowest BCUT2D eigenvalue weighted by atomic mass is 10.2. The predicted octanol–water partition coefficient (Wildman–Crippen LogP) is 1.89. The molecule has 0 radical (unpaired) electrons. The van der Waals surface area contributed by atoms with Gasteiger partial charge in [0.1, 0.15) is 5.75 Å². The Kier molecular flexibility index (Phi) is 7.68. The first kappa shape index (κ1) is 20.0. The van der Waals surface area contributed by atoms with Crippen LogP contribution in [0.3, 0.4) is 0 Å². The fourth-order valence-corrected chi connectivity index (χ4v) is 2.74. The summed E-state index contributed by atoms with van der Waals surface area (Å²) in [5.74, 6) is 0.345. The van der Waals surface area contributed by atoms with Gasteiger partial charge in [0.15, 0.2) is 0 Å². The summed E-state index contributed by atoms with van der Waals surface area (Å²) in [4.78, 5) is 25.8. The summed E-state index contributed by atoms with van der Waals surface area (Å²) in [6.45, 7) is 7.74. The van der Waals surface area contributed by atoms with Crippen molar-refractivity contribution in [3.63, 3.8) is 0 Å². The molecule has 1 aliphatic heterocycles. The molecule has 3 N–H and O–H groups in total. The van der Waals surface area contributed by atoms with Crippen LogP contribution in [0.15, 0.2) is 18.2 Å². The van der Waals surface area contributed by atoms with Crippen molar-refractivity contribution in [2.75, 3.05) is 50.6 Å². The Morgan fingerprint density at radius 3 is 2.65 bits per heavy atom. The van der Waals surface area contributed by atoms with E-state index in [-0.39, 0.29) is 18.0 Å². The number of hydrogen-bond donors (Lipinski definition) is 3. The maximum absolute atomic E-state index is 12.3. The van der Waals surface area contributed by atoms with Crippen LogP contribution in [0.2, 0.25) is 0 Å². The van der Waals surface area contributed by atoms with Crippen molar-refractivity contribution < 1.29 is 19.1 Å². The van der Waals surface area contributed by atoms with Gasteiger partial charge in [-0.25, -0.2) is 4.79 Å². The number of urea groups is 1. The number of amides is 3. The van der Waals surface area contributed by atoms with E-state index in [0.717, 1.165) is 39.3 Å². The molecule has 0 spiro atoms.